The maximum atomic E-state index is 5.80. The highest BCUT2D eigenvalue weighted by molar-refractivity contribution is 5.48. The summed E-state index contributed by atoms with van der Waals surface area (Å²) in [4.78, 5) is 0. The molecular weight excluding hydrogens is 314 g/mol. The summed E-state index contributed by atoms with van der Waals surface area (Å²) in [7, 11) is 0. The highest BCUT2D eigenvalue weighted by Gasteiger charge is 2.15. The fourth-order valence-electron chi connectivity index (χ4n) is 2.79. The zero-order chi connectivity index (χ0) is 17.3. The first-order valence-electron chi connectivity index (χ1n) is 9.13. The molecule has 1 aliphatic heterocycles. The highest BCUT2D eigenvalue weighted by atomic mass is 16.5. The van der Waals surface area contributed by atoms with Crippen molar-refractivity contribution < 1.29 is 14.2 Å². The van der Waals surface area contributed by atoms with E-state index in [2.05, 4.69) is 30.4 Å². The molecule has 0 aliphatic carbocycles. The lowest BCUT2D eigenvalue weighted by Crippen LogP contribution is -2.16. The van der Waals surface area contributed by atoms with E-state index < -0.39 is 0 Å². The third-order valence-corrected chi connectivity index (χ3v) is 4.19. The standard InChI is InChI=1S/C21H27NO3/c1-2-12-23-20-6-3-5-18(14-20)22-15-17-8-10-19(11-9-17)25-16-21-7-4-13-24-21/h3,5-6,8-11,14,21-22H,2,4,7,12-13,15-16H2,1H3. The van der Waals surface area contributed by atoms with Crippen LogP contribution in [0.3, 0.4) is 0 Å². The van der Waals surface area contributed by atoms with Crippen molar-refractivity contribution in [2.45, 2.75) is 38.8 Å². The van der Waals surface area contributed by atoms with Crippen LogP contribution in [0.5, 0.6) is 11.5 Å². The van der Waals surface area contributed by atoms with E-state index in [0.717, 1.165) is 56.2 Å². The van der Waals surface area contributed by atoms with Crippen LogP contribution in [0.15, 0.2) is 48.5 Å². The van der Waals surface area contributed by atoms with Gasteiger partial charge in [-0.2, -0.15) is 0 Å². The van der Waals surface area contributed by atoms with E-state index in [4.69, 9.17) is 14.2 Å². The summed E-state index contributed by atoms with van der Waals surface area (Å²) in [6.07, 6.45) is 3.51. The second-order valence-corrected chi connectivity index (χ2v) is 6.32. The van der Waals surface area contributed by atoms with Gasteiger partial charge in [0.1, 0.15) is 18.1 Å². The lowest BCUT2D eigenvalue weighted by atomic mass is 10.2. The van der Waals surface area contributed by atoms with Crippen LogP contribution in [-0.4, -0.2) is 25.9 Å². The first kappa shape index (κ1) is 17.6. The Morgan fingerprint density at radius 2 is 1.96 bits per heavy atom. The molecule has 1 atom stereocenters. The van der Waals surface area contributed by atoms with Gasteiger partial charge >= 0.3 is 0 Å². The maximum absolute atomic E-state index is 5.80. The number of hydrogen-bond donors (Lipinski definition) is 1. The maximum Gasteiger partial charge on any atom is 0.121 e. The minimum Gasteiger partial charge on any atom is -0.494 e. The first-order chi connectivity index (χ1) is 12.3. The van der Waals surface area contributed by atoms with Gasteiger partial charge in [0, 0.05) is 24.9 Å². The molecule has 3 rings (SSSR count). The van der Waals surface area contributed by atoms with Crippen LogP contribution >= 0.6 is 0 Å². The molecule has 134 valence electrons. The van der Waals surface area contributed by atoms with E-state index in [0.29, 0.717) is 6.61 Å². The first-order valence-corrected chi connectivity index (χ1v) is 9.13. The number of nitrogens with one attached hydrogen (secondary N) is 1. The van der Waals surface area contributed by atoms with Gasteiger partial charge in [0.05, 0.1) is 12.7 Å². The molecule has 0 spiro atoms. The molecule has 0 saturated carbocycles. The second kappa shape index (κ2) is 9.33. The topological polar surface area (TPSA) is 39.7 Å². The van der Waals surface area contributed by atoms with Crippen molar-refractivity contribution in [3.05, 3.63) is 54.1 Å². The Kier molecular flexibility index (Phi) is 6.57. The Morgan fingerprint density at radius 1 is 1.08 bits per heavy atom. The van der Waals surface area contributed by atoms with Crippen LogP contribution in [-0.2, 0) is 11.3 Å². The fraction of sp³-hybridized carbons (Fsp3) is 0.429. The smallest absolute Gasteiger partial charge is 0.121 e. The van der Waals surface area contributed by atoms with Gasteiger partial charge in [-0.3, -0.25) is 0 Å². The summed E-state index contributed by atoms with van der Waals surface area (Å²) >= 11 is 0. The molecule has 1 saturated heterocycles. The third kappa shape index (κ3) is 5.68. The summed E-state index contributed by atoms with van der Waals surface area (Å²) in [6.45, 7) is 5.13. The van der Waals surface area contributed by atoms with E-state index in [1.807, 2.05) is 30.3 Å². The number of benzene rings is 2. The molecule has 2 aromatic rings. The van der Waals surface area contributed by atoms with Gasteiger partial charge < -0.3 is 19.5 Å². The largest absolute Gasteiger partial charge is 0.494 e. The molecule has 25 heavy (non-hydrogen) atoms. The predicted molar refractivity (Wildman–Crippen MR) is 100 cm³/mol. The van der Waals surface area contributed by atoms with E-state index >= 15 is 0 Å². The van der Waals surface area contributed by atoms with Gasteiger partial charge in [-0.05, 0) is 49.1 Å². The van der Waals surface area contributed by atoms with E-state index in [1.165, 1.54) is 5.56 Å². The summed E-state index contributed by atoms with van der Waals surface area (Å²) < 4.78 is 17.0. The Hall–Kier alpha value is -2.20. The molecule has 1 fully saturated rings. The molecule has 4 heteroatoms. The van der Waals surface area contributed by atoms with Gasteiger partial charge in [-0.25, -0.2) is 0 Å². The van der Waals surface area contributed by atoms with Crippen molar-refractivity contribution in [1.82, 2.24) is 0 Å². The SMILES string of the molecule is CCCOc1cccc(NCc2ccc(OCC3CCCO3)cc2)c1. The van der Waals surface area contributed by atoms with Crippen LogP contribution < -0.4 is 14.8 Å². The van der Waals surface area contributed by atoms with Crippen LogP contribution in [0.4, 0.5) is 5.69 Å². The lowest BCUT2D eigenvalue weighted by Gasteiger charge is -2.12. The van der Waals surface area contributed by atoms with Crippen molar-refractivity contribution in [2.24, 2.45) is 0 Å². The van der Waals surface area contributed by atoms with Crippen molar-refractivity contribution in [2.75, 3.05) is 25.1 Å². The van der Waals surface area contributed by atoms with Gasteiger partial charge in [0.15, 0.2) is 0 Å². The zero-order valence-electron chi connectivity index (χ0n) is 14.9. The number of ether oxygens (including phenoxy) is 3. The molecule has 1 unspecified atom stereocenters. The van der Waals surface area contributed by atoms with E-state index in [-0.39, 0.29) is 6.10 Å². The molecule has 0 aromatic heterocycles. The third-order valence-electron chi connectivity index (χ3n) is 4.19. The lowest BCUT2D eigenvalue weighted by molar-refractivity contribution is 0.0679. The average molecular weight is 341 g/mol. The molecule has 4 nitrogen and oxygen atoms in total. The van der Waals surface area contributed by atoms with E-state index in [1.54, 1.807) is 0 Å². The van der Waals surface area contributed by atoms with Crippen LogP contribution in [0.25, 0.3) is 0 Å². The van der Waals surface area contributed by atoms with Gasteiger partial charge in [-0.1, -0.05) is 25.1 Å². The Bertz CT molecular complexity index is 636. The molecule has 1 N–H and O–H groups in total. The summed E-state index contributed by atoms with van der Waals surface area (Å²) in [6, 6.07) is 16.3. The molecule has 0 radical (unpaired) electrons. The quantitative estimate of drug-likeness (QED) is 0.721. The summed E-state index contributed by atoms with van der Waals surface area (Å²) in [5.41, 5.74) is 2.27. The average Bonchev–Trinajstić information content (AvgIpc) is 3.18. The number of rotatable bonds is 9. The Morgan fingerprint density at radius 3 is 2.72 bits per heavy atom. The van der Waals surface area contributed by atoms with Gasteiger partial charge in [-0.15, -0.1) is 0 Å². The van der Waals surface area contributed by atoms with E-state index in [9.17, 15) is 0 Å². The Labute approximate surface area is 150 Å². The number of hydrogen-bond acceptors (Lipinski definition) is 4. The molecular formula is C21H27NO3. The van der Waals surface area contributed by atoms with Crippen LogP contribution in [0.2, 0.25) is 0 Å². The normalized spacial score (nSPS) is 16.6. The minimum absolute atomic E-state index is 0.253. The molecule has 1 aliphatic rings. The Balaban J connectivity index is 1.46. The molecule has 0 bridgehead atoms. The number of anilines is 1. The molecule has 1 heterocycles. The monoisotopic (exact) mass is 341 g/mol. The molecule has 0 amide bonds. The highest BCUT2D eigenvalue weighted by Crippen LogP contribution is 2.20. The van der Waals surface area contributed by atoms with Crippen molar-refractivity contribution >= 4 is 5.69 Å². The van der Waals surface area contributed by atoms with Crippen LogP contribution in [0.1, 0.15) is 31.7 Å². The zero-order valence-corrected chi connectivity index (χ0v) is 14.9. The van der Waals surface area contributed by atoms with Crippen molar-refractivity contribution in [3.63, 3.8) is 0 Å². The summed E-state index contributed by atoms with van der Waals surface area (Å²) in [5.74, 6) is 1.80. The second-order valence-electron chi connectivity index (χ2n) is 6.32. The summed E-state index contributed by atoms with van der Waals surface area (Å²) in [5, 5.41) is 3.43. The van der Waals surface area contributed by atoms with Crippen LogP contribution in [0, 0.1) is 0 Å². The van der Waals surface area contributed by atoms with Gasteiger partial charge in [0.2, 0.25) is 0 Å². The predicted octanol–water partition coefficient (Wildman–Crippen LogP) is 4.65. The fourth-order valence-corrected chi connectivity index (χ4v) is 2.79. The minimum atomic E-state index is 0.253. The molecule has 2 aromatic carbocycles. The van der Waals surface area contributed by atoms with Crippen molar-refractivity contribution in [3.8, 4) is 11.5 Å². The van der Waals surface area contributed by atoms with Gasteiger partial charge in [0.25, 0.3) is 0 Å². The van der Waals surface area contributed by atoms with Crippen molar-refractivity contribution in [1.29, 1.82) is 0 Å².